The third-order valence-corrected chi connectivity index (χ3v) is 5.63. The number of rotatable bonds is 8. The highest BCUT2D eigenvalue weighted by Crippen LogP contribution is 2.31. The molecule has 0 saturated carbocycles. The number of ether oxygens (including phenoxy) is 1. The predicted molar refractivity (Wildman–Crippen MR) is 128 cm³/mol. The van der Waals surface area contributed by atoms with Crippen LogP contribution in [-0.2, 0) is 6.42 Å². The fraction of sp³-hybridized carbons (Fsp3) is 0.280. The van der Waals surface area contributed by atoms with Gasteiger partial charge in [-0.1, -0.05) is 31.5 Å². The average Bonchev–Trinajstić information content (AvgIpc) is 3.11. The Balaban J connectivity index is 1.84. The number of carbonyl (C=O) groups is 2. The van der Waals surface area contributed by atoms with Gasteiger partial charge in [-0.25, -0.2) is 0 Å². The van der Waals surface area contributed by atoms with Crippen LogP contribution in [0.4, 0.5) is 10.7 Å². The van der Waals surface area contributed by atoms with Crippen LogP contribution in [0.5, 0.6) is 5.75 Å². The van der Waals surface area contributed by atoms with Crippen molar-refractivity contribution in [2.75, 3.05) is 17.2 Å². The molecule has 1 heterocycles. The summed E-state index contributed by atoms with van der Waals surface area (Å²) in [5.74, 6) is 0.670. The molecule has 0 bridgehead atoms. The van der Waals surface area contributed by atoms with Crippen LogP contribution in [0, 0.1) is 12.8 Å². The van der Waals surface area contributed by atoms with E-state index in [1.807, 2.05) is 55.6 Å². The molecule has 2 N–H and O–H groups in total. The standard InChI is InChI=1S/C25H28N2O3S/c1-5-30-21-12-10-20(11-13-21)26-24(29)22-19(14-16(2)3)15-31-25(22)27-23(28)18-8-6-17(4)7-9-18/h6-13,15-16H,5,14H2,1-4H3,(H,26,29)(H,27,28). The summed E-state index contributed by atoms with van der Waals surface area (Å²) >= 11 is 1.38. The molecule has 0 aliphatic heterocycles. The third-order valence-electron chi connectivity index (χ3n) is 4.69. The summed E-state index contributed by atoms with van der Waals surface area (Å²) in [5, 5.41) is 8.40. The van der Waals surface area contributed by atoms with Crippen LogP contribution in [0.2, 0.25) is 0 Å². The molecule has 2 aromatic carbocycles. The zero-order chi connectivity index (χ0) is 22.4. The second kappa shape index (κ2) is 10.3. The van der Waals surface area contributed by atoms with Gasteiger partial charge in [0.15, 0.2) is 0 Å². The Hall–Kier alpha value is -3.12. The first-order valence-electron chi connectivity index (χ1n) is 10.4. The number of carbonyl (C=O) groups excluding carboxylic acids is 2. The number of hydrogen-bond donors (Lipinski definition) is 2. The van der Waals surface area contributed by atoms with E-state index in [1.54, 1.807) is 12.1 Å². The Kier molecular flexibility index (Phi) is 7.47. The van der Waals surface area contributed by atoms with Crippen molar-refractivity contribution >= 4 is 33.8 Å². The Bertz CT molecular complexity index is 1040. The van der Waals surface area contributed by atoms with Crippen molar-refractivity contribution in [3.05, 3.63) is 76.2 Å². The first kappa shape index (κ1) is 22.6. The highest BCUT2D eigenvalue weighted by atomic mass is 32.1. The van der Waals surface area contributed by atoms with Crippen LogP contribution in [0.15, 0.2) is 53.9 Å². The highest BCUT2D eigenvalue weighted by Gasteiger charge is 2.22. The number of anilines is 2. The molecule has 0 radical (unpaired) electrons. The lowest BCUT2D eigenvalue weighted by Crippen LogP contribution is -2.18. The average molecular weight is 437 g/mol. The third kappa shape index (κ3) is 5.95. The summed E-state index contributed by atoms with van der Waals surface area (Å²) in [7, 11) is 0. The Labute approximate surface area is 187 Å². The van der Waals surface area contributed by atoms with Gasteiger partial charge in [-0.05, 0) is 73.5 Å². The number of thiophene rings is 1. The van der Waals surface area contributed by atoms with Gasteiger partial charge in [0.25, 0.3) is 11.8 Å². The topological polar surface area (TPSA) is 67.4 Å². The van der Waals surface area contributed by atoms with Gasteiger partial charge in [0.2, 0.25) is 0 Å². The maximum atomic E-state index is 13.2. The predicted octanol–water partition coefficient (Wildman–Crippen LogP) is 6.16. The Morgan fingerprint density at radius 3 is 2.26 bits per heavy atom. The fourth-order valence-electron chi connectivity index (χ4n) is 3.20. The summed E-state index contributed by atoms with van der Waals surface area (Å²) in [6, 6.07) is 14.6. The van der Waals surface area contributed by atoms with E-state index in [1.165, 1.54) is 11.3 Å². The van der Waals surface area contributed by atoms with Gasteiger partial charge in [-0.15, -0.1) is 11.3 Å². The normalized spacial score (nSPS) is 10.7. The number of hydrogen-bond acceptors (Lipinski definition) is 4. The van der Waals surface area contributed by atoms with E-state index in [9.17, 15) is 9.59 Å². The van der Waals surface area contributed by atoms with Gasteiger partial charge in [0, 0.05) is 11.3 Å². The van der Waals surface area contributed by atoms with Crippen LogP contribution < -0.4 is 15.4 Å². The quantitative estimate of drug-likeness (QED) is 0.444. The van der Waals surface area contributed by atoms with Crippen molar-refractivity contribution in [1.29, 1.82) is 0 Å². The van der Waals surface area contributed by atoms with Gasteiger partial charge in [0.05, 0.1) is 12.2 Å². The lowest BCUT2D eigenvalue weighted by atomic mass is 10.0. The van der Waals surface area contributed by atoms with Gasteiger partial charge >= 0.3 is 0 Å². The maximum absolute atomic E-state index is 13.2. The maximum Gasteiger partial charge on any atom is 0.258 e. The lowest BCUT2D eigenvalue weighted by molar-refractivity contribution is 0.102. The van der Waals surface area contributed by atoms with E-state index in [0.717, 1.165) is 23.3 Å². The van der Waals surface area contributed by atoms with Crippen molar-refractivity contribution < 1.29 is 14.3 Å². The van der Waals surface area contributed by atoms with Crippen LogP contribution >= 0.6 is 11.3 Å². The Morgan fingerprint density at radius 2 is 1.65 bits per heavy atom. The zero-order valence-electron chi connectivity index (χ0n) is 18.3. The molecule has 3 aromatic rings. The van der Waals surface area contributed by atoms with Crippen molar-refractivity contribution in [3.63, 3.8) is 0 Å². The summed E-state index contributed by atoms with van der Waals surface area (Å²) in [4.78, 5) is 25.9. The van der Waals surface area contributed by atoms with Crippen molar-refractivity contribution in [1.82, 2.24) is 0 Å². The van der Waals surface area contributed by atoms with Gasteiger partial charge in [-0.3, -0.25) is 9.59 Å². The molecule has 0 unspecified atom stereocenters. The number of aryl methyl sites for hydroxylation is 1. The number of nitrogens with one attached hydrogen (secondary N) is 2. The molecule has 2 amide bonds. The minimum absolute atomic E-state index is 0.229. The van der Waals surface area contributed by atoms with Crippen molar-refractivity contribution in [2.24, 2.45) is 5.92 Å². The molecule has 0 aliphatic carbocycles. The molecule has 31 heavy (non-hydrogen) atoms. The molecular formula is C25H28N2O3S. The first-order chi connectivity index (χ1) is 14.9. The molecular weight excluding hydrogens is 408 g/mol. The van der Waals surface area contributed by atoms with Crippen molar-refractivity contribution in [3.8, 4) is 5.75 Å². The second-order valence-electron chi connectivity index (χ2n) is 7.79. The number of benzene rings is 2. The van der Waals surface area contributed by atoms with Crippen LogP contribution in [0.3, 0.4) is 0 Å². The van der Waals surface area contributed by atoms with Gasteiger partial charge < -0.3 is 15.4 Å². The van der Waals surface area contributed by atoms with Gasteiger partial charge in [-0.2, -0.15) is 0 Å². The molecule has 0 saturated heterocycles. The van der Waals surface area contributed by atoms with E-state index >= 15 is 0 Å². The summed E-state index contributed by atoms with van der Waals surface area (Å²) in [6.45, 7) is 8.70. The molecule has 0 fully saturated rings. The Morgan fingerprint density at radius 1 is 0.968 bits per heavy atom. The molecule has 3 rings (SSSR count). The van der Waals surface area contributed by atoms with E-state index < -0.39 is 0 Å². The molecule has 5 nitrogen and oxygen atoms in total. The first-order valence-corrected chi connectivity index (χ1v) is 11.3. The fourth-order valence-corrected chi connectivity index (χ4v) is 4.17. The molecule has 6 heteroatoms. The van der Waals surface area contributed by atoms with E-state index in [4.69, 9.17) is 4.74 Å². The van der Waals surface area contributed by atoms with Crippen molar-refractivity contribution in [2.45, 2.75) is 34.1 Å². The van der Waals surface area contributed by atoms with E-state index in [-0.39, 0.29) is 11.8 Å². The SMILES string of the molecule is CCOc1ccc(NC(=O)c2c(CC(C)C)csc2NC(=O)c2ccc(C)cc2)cc1. The summed E-state index contributed by atoms with van der Waals surface area (Å²) < 4.78 is 5.45. The molecule has 0 aliphatic rings. The van der Waals surface area contributed by atoms with E-state index in [0.29, 0.717) is 34.3 Å². The molecule has 0 atom stereocenters. The minimum Gasteiger partial charge on any atom is -0.494 e. The van der Waals surface area contributed by atoms with Crippen LogP contribution in [0.25, 0.3) is 0 Å². The molecule has 1 aromatic heterocycles. The van der Waals surface area contributed by atoms with Crippen LogP contribution in [-0.4, -0.2) is 18.4 Å². The summed E-state index contributed by atoms with van der Waals surface area (Å²) in [6.07, 6.45) is 0.753. The largest absolute Gasteiger partial charge is 0.494 e. The molecule has 162 valence electrons. The number of amides is 2. The highest BCUT2D eigenvalue weighted by molar-refractivity contribution is 7.15. The summed E-state index contributed by atoms with van der Waals surface area (Å²) in [5.41, 5.74) is 3.77. The lowest BCUT2D eigenvalue weighted by Gasteiger charge is -2.12. The van der Waals surface area contributed by atoms with Crippen LogP contribution in [0.1, 0.15) is 52.6 Å². The second-order valence-corrected chi connectivity index (χ2v) is 8.67. The minimum atomic E-state index is -0.236. The zero-order valence-corrected chi connectivity index (χ0v) is 19.1. The monoisotopic (exact) mass is 436 g/mol. The smallest absolute Gasteiger partial charge is 0.258 e. The molecule has 0 spiro atoms. The van der Waals surface area contributed by atoms with Gasteiger partial charge in [0.1, 0.15) is 10.8 Å². The van der Waals surface area contributed by atoms with E-state index in [2.05, 4.69) is 24.5 Å².